The second-order valence-corrected chi connectivity index (χ2v) is 7.52. The molecule has 21 heavy (non-hydrogen) atoms. The second kappa shape index (κ2) is 6.49. The predicted molar refractivity (Wildman–Crippen MR) is 82.8 cm³/mol. The van der Waals surface area contributed by atoms with Gasteiger partial charge in [0.2, 0.25) is 11.8 Å². The average molecular weight is 308 g/mol. The Morgan fingerprint density at radius 3 is 2.62 bits per heavy atom. The highest BCUT2D eigenvalue weighted by atomic mass is 32.2. The quantitative estimate of drug-likeness (QED) is 0.675. The summed E-state index contributed by atoms with van der Waals surface area (Å²) in [5.41, 5.74) is 0.912. The summed E-state index contributed by atoms with van der Waals surface area (Å²) in [6.07, 6.45) is 0.255. The van der Waals surface area contributed by atoms with Gasteiger partial charge in [-0.15, -0.1) is 11.8 Å². The van der Waals surface area contributed by atoms with E-state index in [1.54, 1.807) is 0 Å². The van der Waals surface area contributed by atoms with Crippen molar-refractivity contribution >= 4 is 23.6 Å². The lowest BCUT2D eigenvalue weighted by molar-refractivity contribution is -0.134. The molecule has 1 fully saturated rings. The first kappa shape index (κ1) is 15.9. The van der Waals surface area contributed by atoms with E-state index in [4.69, 9.17) is 0 Å². The Bertz CT molecular complexity index is 519. The van der Waals surface area contributed by atoms with Crippen LogP contribution in [0.25, 0.3) is 0 Å². The molecule has 1 heterocycles. The van der Waals surface area contributed by atoms with Crippen molar-refractivity contribution in [2.75, 3.05) is 6.61 Å². The number of nitrogens with one attached hydrogen (secondary N) is 2. The number of aliphatic hydroxyl groups excluding tert-OH is 1. The molecule has 1 aliphatic rings. The molecule has 2 rings (SSSR count). The lowest BCUT2D eigenvalue weighted by Gasteiger charge is -2.40. The molecule has 114 valence electrons. The molecule has 0 aliphatic carbocycles. The first-order valence-electron chi connectivity index (χ1n) is 6.84. The van der Waals surface area contributed by atoms with Gasteiger partial charge in [-0.3, -0.25) is 9.59 Å². The van der Waals surface area contributed by atoms with E-state index in [0.29, 0.717) is 0 Å². The van der Waals surface area contributed by atoms with Gasteiger partial charge in [-0.1, -0.05) is 30.3 Å². The van der Waals surface area contributed by atoms with Crippen molar-refractivity contribution in [3.63, 3.8) is 0 Å². The van der Waals surface area contributed by atoms with Crippen LogP contribution in [0.15, 0.2) is 30.3 Å². The van der Waals surface area contributed by atoms with E-state index in [9.17, 15) is 14.7 Å². The van der Waals surface area contributed by atoms with Gasteiger partial charge in [-0.05, 0) is 19.4 Å². The summed E-state index contributed by atoms with van der Waals surface area (Å²) in [5.74, 6) is -0.351. The maximum atomic E-state index is 12.0. The van der Waals surface area contributed by atoms with Gasteiger partial charge in [0.25, 0.3) is 0 Å². The van der Waals surface area contributed by atoms with Crippen molar-refractivity contribution < 1.29 is 14.7 Å². The number of carbonyl (C=O) groups excluding carboxylic acids is 2. The number of rotatable bonds is 6. The van der Waals surface area contributed by atoms with E-state index in [1.165, 1.54) is 11.8 Å². The zero-order chi connectivity index (χ0) is 15.5. The minimum absolute atomic E-state index is 0.00865. The van der Waals surface area contributed by atoms with Gasteiger partial charge in [0, 0.05) is 4.75 Å². The zero-order valence-corrected chi connectivity index (χ0v) is 12.9. The minimum Gasteiger partial charge on any atom is -0.395 e. The fourth-order valence-corrected chi connectivity index (χ4v) is 3.24. The van der Waals surface area contributed by atoms with Crippen LogP contribution in [-0.2, 0) is 16.0 Å². The Morgan fingerprint density at radius 2 is 2.05 bits per heavy atom. The molecule has 3 N–H and O–H groups in total. The van der Waals surface area contributed by atoms with Crippen LogP contribution < -0.4 is 10.6 Å². The summed E-state index contributed by atoms with van der Waals surface area (Å²) < 4.78 is -0.360. The van der Waals surface area contributed by atoms with Gasteiger partial charge in [0.1, 0.15) is 11.4 Å². The lowest BCUT2D eigenvalue weighted by atomic mass is 10.1. The molecule has 5 nitrogen and oxygen atoms in total. The number of amides is 2. The molecule has 0 spiro atoms. The molecule has 1 aromatic carbocycles. The summed E-state index contributed by atoms with van der Waals surface area (Å²) in [6.45, 7) is 3.80. The van der Waals surface area contributed by atoms with Crippen LogP contribution in [0.3, 0.4) is 0 Å². The van der Waals surface area contributed by atoms with Crippen LogP contribution in [0.5, 0.6) is 0 Å². The SMILES string of the molecule is CC(C)(CO)SC1NC(=O)C1NC(=O)Cc1ccccc1. The molecular weight excluding hydrogens is 288 g/mol. The van der Waals surface area contributed by atoms with Gasteiger partial charge in [-0.2, -0.15) is 0 Å². The molecule has 2 unspecified atom stereocenters. The van der Waals surface area contributed by atoms with Crippen LogP contribution in [0, 0.1) is 0 Å². The van der Waals surface area contributed by atoms with Crippen LogP contribution >= 0.6 is 11.8 Å². The van der Waals surface area contributed by atoms with Crippen molar-refractivity contribution in [2.45, 2.75) is 36.4 Å². The number of thioether (sulfide) groups is 1. The molecule has 1 aliphatic heterocycles. The van der Waals surface area contributed by atoms with Gasteiger partial charge in [-0.25, -0.2) is 0 Å². The summed E-state index contributed by atoms with van der Waals surface area (Å²) in [4.78, 5) is 23.6. The molecule has 6 heteroatoms. The monoisotopic (exact) mass is 308 g/mol. The first-order chi connectivity index (χ1) is 9.91. The maximum Gasteiger partial charge on any atom is 0.246 e. The molecule has 0 bridgehead atoms. The third kappa shape index (κ3) is 4.22. The van der Waals surface area contributed by atoms with Gasteiger partial charge in [0.15, 0.2) is 0 Å². The van der Waals surface area contributed by atoms with Crippen molar-refractivity contribution in [2.24, 2.45) is 0 Å². The zero-order valence-electron chi connectivity index (χ0n) is 12.1. The molecule has 1 saturated heterocycles. The van der Waals surface area contributed by atoms with Crippen LogP contribution in [0.4, 0.5) is 0 Å². The summed E-state index contributed by atoms with van der Waals surface area (Å²) in [6, 6.07) is 8.87. The highest BCUT2D eigenvalue weighted by Crippen LogP contribution is 2.32. The Balaban J connectivity index is 1.89. The highest BCUT2D eigenvalue weighted by molar-refractivity contribution is 8.01. The summed E-state index contributed by atoms with van der Waals surface area (Å²) in [7, 11) is 0. The molecule has 0 saturated carbocycles. The van der Waals surface area contributed by atoms with Gasteiger partial charge >= 0.3 is 0 Å². The smallest absolute Gasteiger partial charge is 0.246 e. The average Bonchev–Trinajstić information content (AvgIpc) is 2.45. The van der Waals surface area contributed by atoms with Crippen molar-refractivity contribution in [1.82, 2.24) is 10.6 Å². The number of carbonyl (C=O) groups is 2. The largest absolute Gasteiger partial charge is 0.395 e. The Kier molecular flexibility index (Phi) is 4.90. The molecular formula is C15H20N2O3S. The summed E-state index contributed by atoms with van der Waals surface area (Å²) in [5, 5.41) is 14.6. The standard InChI is InChI=1S/C15H20N2O3S/c1-15(2,9-18)21-14-12(13(20)17-14)16-11(19)8-10-6-4-3-5-7-10/h3-7,12,14,18H,8-9H2,1-2H3,(H,16,19)(H,17,20). The molecule has 0 aromatic heterocycles. The van der Waals surface area contributed by atoms with Gasteiger partial charge in [0.05, 0.1) is 13.0 Å². The third-order valence-electron chi connectivity index (χ3n) is 3.22. The van der Waals surface area contributed by atoms with Crippen LogP contribution in [0.1, 0.15) is 19.4 Å². The Morgan fingerprint density at radius 1 is 1.38 bits per heavy atom. The topological polar surface area (TPSA) is 78.4 Å². The van der Waals surface area contributed by atoms with E-state index in [0.717, 1.165) is 5.56 Å². The van der Waals surface area contributed by atoms with Crippen molar-refractivity contribution in [3.05, 3.63) is 35.9 Å². The molecule has 0 radical (unpaired) electrons. The maximum absolute atomic E-state index is 12.0. The number of aliphatic hydroxyl groups is 1. The van der Waals surface area contributed by atoms with Crippen LogP contribution in [-0.4, -0.2) is 39.7 Å². The molecule has 2 atom stereocenters. The number of hydrogen-bond acceptors (Lipinski definition) is 4. The Labute approximate surface area is 128 Å². The van der Waals surface area contributed by atoms with E-state index < -0.39 is 6.04 Å². The fourth-order valence-electron chi connectivity index (χ4n) is 1.98. The number of β-lactam (4-membered cyclic amide) rings is 1. The molecule has 2 amide bonds. The third-order valence-corrected chi connectivity index (χ3v) is 4.63. The van der Waals surface area contributed by atoms with Gasteiger partial charge < -0.3 is 15.7 Å². The normalized spacial score (nSPS) is 21.4. The van der Waals surface area contributed by atoms with E-state index in [-0.39, 0.29) is 35.0 Å². The summed E-state index contributed by atoms with van der Waals surface area (Å²) >= 11 is 1.45. The minimum atomic E-state index is -0.531. The van der Waals surface area contributed by atoms with E-state index in [2.05, 4.69) is 10.6 Å². The number of benzene rings is 1. The highest BCUT2D eigenvalue weighted by Gasteiger charge is 2.43. The Hall–Kier alpha value is -1.53. The number of hydrogen-bond donors (Lipinski definition) is 3. The fraction of sp³-hybridized carbons (Fsp3) is 0.467. The first-order valence-corrected chi connectivity index (χ1v) is 7.71. The molecule has 1 aromatic rings. The van der Waals surface area contributed by atoms with Crippen LogP contribution in [0.2, 0.25) is 0 Å². The second-order valence-electron chi connectivity index (χ2n) is 5.67. The van der Waals surface area contributed by atoms with Crippen molar-refractivity contribution in [3.8, 4) is 0 Å². The predicted octanol–water partition coefficient (Wildman–Crippen LogP) is 0.674. The van der Waals surface area contributed by atoms with Crippen molar-refractivity contribution in [1.29, 1.82) is 0 Å². The lowest BCUT2D eigenvalue weighted by Crippen LogP contribution is -2.68. The van der Waals surface area contributed by atoms with E-state index in [1.807, 2.05) is 44.2 Å². The van der Waals surface area contributed by atoms with E-state index >= 15 is 0 Å².